The number of hydrogen-bond donors (Lipinski definition) is 2. The summed E-state index contributed by atoms with van der Waals surface area (Å²) in [6.45, 7) is 4.23. The van der Waals surface area contributed by atoms with Gasteiger partial charge in [-0.25, -0.2) is 0 Å². The summed E-state index contributed by atoms with van der Waals surface area (Å²) in [5.41, 5.74) is 13.6. The fourth-order valence-corrected chi connectivity index (χ4v) is 1.58. The molecule has 2 nitrogen and oxygen atoms in total. The average Bonchev–Trinajstić information content (AvgIpc) is 2.19. The van der Waals surface area contributed by atoms with Gasteiger partial charge < -0.3 is 11.5 Å². The molecule has 1 rings (SSSR count). The fourth-order valence-electron chi connectivity index (χ4n) is 1.39. The van der Waals surface area contributed by atoms with Gasteiger partial charge in [-0.2, -0.15) is 0 Å². The predicted molar refractivity (Wildman–Crippen MR) is 69.5 cm³/mol. The summed E-state index contributed by atoms with van der Waals surface area (Å²) in [6.07, 6.45) is 1.03. The van der Waals surface area contributed by atoms with Gasteiger partial charge in [-0.15, -0.1) is 12.4 Å². The van der Waals surface area contributed by atoms with Crippen molar-refractivity contribution in [3.05, 3.63) is 28.8 Å². The van der Waals surface area contributed by atoms with Crippen molar-refractivity contribution in [2.45, 2.75) is 26.3 Å². The summed E-state index contributed by atoms with van der Waals surface area (Å²) in [5.74, 6) is 0.413. The van der Waals surface area contributed by atoms with Crippen LogP contribution in [0.25, 0.3) is 0 Å². The van der Waals surface area contributed by atoms with Gasteiger partial charge in [-0.3, -0.25) is 0 Å². The molecule has 1 aromatic carbocycles. The Balaban J connectivity index is 0.00000196. The normalized spacial score (nSPS) is 14.1. The molecule has 0 amide bonds. The lowest BCUT2D eigenvalue weighted by atomic mass is 9.92. The summed E-state index contributed by atoms with van der Waals surface area (Å²) in [4.78, 5) is 0. The first kappa shape index (κ1) is 14.6. The minimum atomic E-state index is -0.0290. The highest BCUT2D eigenvalue weighted by atomic mass is 35.5. The van der Waals surface area contributed by atoms with Gasteiger partial charge in [0.05, 0.1) is 0 Å². The van der Waals surface area contributed by atoms with Gasteiger partial charge >= 0.3 is 0 Å². The van der Waals surface area contributed by atoms with E-state index in [4.69, 9.17) is 23.1 Å². The van der Waals surface area contributed by atoms with Crippen LogP contribution in [0.15, 0.2) is 18.2 Å². The molecule has 1 unspecified atom stereocenters. The van der Waals surface area contributed by atoms with E-state index in [2.05, 4.69) is 13.8 Å². The second-order valence-corrected chi connectivity index (χ2v) is 4.12. The van der Waals surface area contributed by atoms with E-state index in [1.807, 2.05) is 6.07 Å². The van der Waals surface area contributed by atoms with Gasteiger partial charge in [0.15, 0.2) is 0 Å². The Morgan fingerprint density at radius 3 is 2.53 bits per heavy atom. The summed E-state index contributed by atoms with van der Waals surface area (Å²) >= 11 is 5.90. The molecule has 0 fully saturated rings. The van der Waals surface area contributed by atoms with E-state index in [1.54, 1.807) is 12.1 Å². The molecule has 0 bridgehead atoms. The molecule has 0 aromatic heterocycles. The van der Waals surface area contributed by atoms with Crippen LogP contribution in [0.2, 0.25) is 5.02 Å². The van der Waals surface area contributed by atoms with Crippen LogP contribution in [-0.2, 0) is 0 Å². The van der Waals surface area contributed by atoms with Gasteiger partial charge in [0.25, 0.3) is 0 Å². The van der Waals surface area contributed by atoms with E-state index in [9.17, 15) is 0 Å². The van der Waals surface area contributed by atoms with E-state index >= 15 is 0 Å². The zero-order valence-corrected chi connectivity index (χ0v) is 10.6. The molecule has 0 saturated carbocycles. The molecule has 86 valence electrons. The smallest absolute Gasteiger partial charge is 0.0410 e. The van der Waals surface area contributed by atoms with Crippen molar-refractivity contribution in [3.63, 3.8) is 0 Å². The summed E-state index contributed by atoms with van der Waals surface area (Å²) < 4.78 is 0. The number of benzene rings is 1. The Bertz CT molecular complexity index is 315. The second kappa shape index (κ2) is 6.21. The molecule has 15 heavy (non-hydrogen) atoms. The number of nitrogen functional groups attached to an aromatic ring is 1. The lowest BCUT2D eigenvalue weighted by Crippen LogP contribution is -2.19. The van der Waals surface area contributed by atoms with Gasteiger partial charge in [-0.1, -0.05) is 31.9 Å². The monoisotopic (exact) mass is 248 g/mol. The third-order valence-electron chi connectivity index (χ3n) is 2.66. The minimum Gasteiger partial charge on any atom is -0.398 e. The van der Waals surface area contributed by atoms with Crippen molar-refractivity contribution < 1.29 is 0 Å². The van der Waals surface area contributed by atoms with Crippen molar-refractivity contribution in [1.29, 1.82) is 0 Å². The van der Waals surface area contributed by atoms with Crippen molar-refractivity contribution in [1.82, 2.24) is 0 Å². The first-order valence-electron chi connectivity index (χ1n) is 4.86. The zero-order chi connectivity index (χ0) is 10.7. The maximum Gasteiger partial charge on any atom is 0.0410 e. The van der Waals surface area contributed by atoms with Crippen molar-refractivity contribution in [3.8, 4) is 0 Å². The SMILES string of the molecule is CCC(C)[C@H](N)c1cc(Cl)ccc1N.Cl. The third kappa shape index (κ3) is 3.56. The van der Waals surface area contributed by atoms with Crippen LogP contribution in [0, 0.1) is 5.92 Å². The molecular weight excluding hydrogens is 231 g/mol. The maximum absolute atomic E-state index is 6.08. The topological polar surface area (TPSA) is 52.0 Å². The van der Waals surface area contributed by atoms with E-state index in [-0.39, 0.29) is 18.4 Å². The van der Waals surface area contributed by atoms with E-state index in [0.717, 1.165) is 17.7 Å². The molecule has 0 aliphatic heterocycles. The molecule has 0 saturated heterocycles. The van der Waals surface area contributed by atoms with Crippen molar-refractivity contribution in [2.24, 2.45) is 11.7 Å². The first-order valence-corrected chi connectivity index (χ1v) is 5.24. The Kier molecular flexibility index (Phi) is 6.03. The van der Waals surface area contributed by atoms with Crippen LogP contribution in [0.1, 0.15) is 31.9 Å². The van der Waals surface area contributed by atoms with Crippen LogP contribution >= 0.6 is 24.0 Å². The highest BCUT2D eigenvalue weighted by Gasteiger charge is 2.15. The Labute approximate surface area is 102 Å². The standard InChI is InChI=1S/C11H17ClN2.ClH/c1-3-7(2)11(14)9-6-8(12)4-5-10(9)13;/h4-7,11H,3,13-14H2,1-2H3;1H/t7?,11-;/m0./s1. The van der Waals surface area contributed by atoms with E-state index in [1.165, 1.54) is 0 Å². The second-order valence-electron chi connectivity index (χ2n) is 3.68. The average molecular weight is 249 g/mol. The highest BCUT2D eigenvalue weighted by Crippen LogP contribution is 2.28. The van der Waals surface area contributed by atoms with Crippen molar-refractivity contribution >= 4 is 29.7 Å². The summed E-state index contributed by atoms with van der Waals surface area (Å²) in [5, 5.41) is 0.688. The summed E-state index contributed by atoms with van der Waals surface area (Å²) in [7, 11) is 0. The molecule has 0 heterocycles. The molecular formula is C11H18Cl2N2. The van der Waals surface area contributed by atoms with Crippen LogP contribution in [-0.4, -0.2) is 0 Å². The van der Waals surface area contributed by atoms with Crippen LogP contribution in [0.5, 0.6) is 0 Å². The molecule has 4 N–H and O–H groups in total. The Hall–Kier alpha value is -0.440. The molecule has 0 aliphatic rings. The molecule has 0 radical (unpaired) electrons. The van der Waals surface area contributed by atoms with Crippen LogP contribution in [0.4, 0.5) is 5.69 Å². The minimum absolute atomic E-state index is 0. The Morgan fingerprint density at radius 2 is 2.00 bits per heavy atom. The van der Waals surface area contributed by atoms with Gasteiger partial charge in [-0.05, 0) is 29.7 Å². The molecule has 2 atom stereocenters. The molecule has 0 spiro atoms. The number of rotatable bonds is 3. The van der Waals surface area contributed by atoms with Crippen molar-refractivity contribution in [2.75, 3.05) is 5.73 Å². The number of hydrogen-bond acceptors (Lipinski definition) is 2. The van der Waals surface area contributed by atoms with Crippen LogP contribution in [0.3, 0.4) is 0 Å². The molecule has 0 aliphatic carbocycles. The van der Waals surface area contributed by atoms with Gasteiger partial charge in [0, 0.05) is 16.8 Å². The lowest BCUT2D eigenvalue weighted by molar-refractivity contribution is 0.458. The maximum atomic E-state index is 6.08. The van der Waals surface area contributed by atoms with E-state index in [0.29, 0.717) is 10.9 Å². The predicted octanol–water partition coefficient (Wildman–Crippen LogP) is 3.39. The van der Waals surface area contributed by atoms with Gasteiger partial charge in [0.1, 0.15) is 0 Å². The zero-order valence-electron chi connectivity index (χ0n) is 9.03. The van der Waals surface area contributed by atoms with Gasteiger partial charge in [0.2, 0.25) is 0 Å². The molecule has 4 heteroatoms. The quantitative estimate of drug-likeness (QED) is 0.806. The highest BCUT2D eigenvalue weighted by molar-refractivity contribution is 6.30. The number of halogens is 2. The number of nitrogens with two attached hydrogens (primary N) is 2. The fraction of sp³-hybridized carbons (Fsp3) is 0.455. The van der Waals surface area contributed by atoms with E-state index < -0.39 is 0 Å². The largest absolute Gasteiger partial charge is 0.398 e. The third-order valence-corrected chi connectivity index (χ3v) is 2.90. The number of anilines is 1. The van der Waals surface area contributed by atoms with Crippen LogP contribution < -0.4 is 11.5 Å². The molecule has 1 aromatic rings. The lowest BCUT2D eigenvalue weighted by Gasteiger charge is -2.20. The Morgan fingerprint density at radius 1 is 1.40 bits per heavy atom. The summed E-state index contributed by atoms with van der Waals surface area (Å²) in [6, 6.07) is 5.41. The first-order chi connectivity index (χ1) is 6.56.